The molecule has 112 valence electrons. The summed E-state index contributed by atoms with van der Waals surface area (Å²) in [5, 5.41) is 12.9. The van der Waals surface area contributed by atoms with Crippen LogP contribution in [0.2, 0.25) is 0 Å². The van der Waals surface area contributed by atoms with Gasteiger partial charge in [-0.1, -0.05) is 27.7 Å². The summed E-state index contributed by atoms with van der Waals surface area (Å²) in [4.78, 5) is 2.41. The van der Waals surface area contributed by atoms with Crippen molar-refractivity contribution in [3.8, 4) is 6.07 Å². The van der Waals surface area contributed by atoms with Crippen LogP contribution in [0.1, 0.15) is 60.3 Å². The van der Waals surface area contributed by atoms with Crippen LogP contribution in [-0.2, 0) is 0 Å². The van der Waals surface area contributed by atoms with Gasteiger partial charge in [0.1, 0.15) is 5.54 Å². The first-order valence-corrected chi connectivity index (χ1v) is 7.79. The molecule has 0 aromatic carbocycles. The Labute approximate surface area is 120 Å². The quantitative estimate of drug-likeness (QED) is 0.659. The van der Waals surface area contributed by atoms with Crippen LogP contribution < -0.4 is 5.32 Å². The second-order valence-electron chi connectivity index (χ2n) is 6.04. The molecule has 0 saturated heterocycles. The molecule has 0 aromatic heterocycles. The van der Waals surface area contributed by atoms with Gasteiger partial charge in [0.05, 0.1) is 6.07 Å². The Bertz CT molecular complexity index is 270. The summed E-state index contributed by atoms with van der Waals surface area (Å²) in [7, 11) is 2.18. The van der Waals surface area contributed by atoms with Crippen LogP contribution in [0.3, 0.4) is 0 Å². The van der Waals surface area contributed by atoms with Crippen LogP contribution in [0.25, 0.3) is 0 Å². The van der Waals surface area contributed by atoms with Crippen molar-refractivity contribution in [2.75, 3.05) is 20.1 Å². The molecule has 0 fully saturated rings. The Morgan fingerprint density at radius 2 is 1.89 bits per heavy atom. The fourth-order valence-corrected chi connectivity index (χ4v) is 2.27. The number of rotatable bonds is 10. The fraction of sp³-hybridized carbons (Fsp3) is 0.938. The van der Waals surface area contributed by atoms with Crippen LogP contribution >= 0.6 is 0 Å². The van der Waals surface area contributed by atoms with E-state index in [1.165, 1.54) is 0 Å². The van der Waals surface area contributed by atoms with Gasteiger partial charge in [-0.2, -0.15) is 5.26 Å². The van der Waals surface area contributed by atoms with Gasteiger partial charge in [0.2, 0.25) is 0 Å². The fourth-order valence-electron chi connectivity index (χ4n) is 2.27. The van der Waals surface area contributed by atoms with Crippen molar-refractivity contribution in [1.82, 2.24) is 10.2 Å². The van der Waals surface area contributed by atoms with Gasteiger partial charge in [-0.25, -0.2) is 0 Å². The average molecular weight is 267 g/mol. The third kappa shape index (κ3) is 6.40. The molecule has 1 N–H and O–H groups in total. The predicted molar refractivity (Wildman–Crippen MR) is 83.1 cm³/mol. The van der Waals surface area contributed by atoms with Crippen molar-refractivity contribution >= 4 is 0 Å². The van der Waals surface area contributed by atoms with Crippen molar-refractivity contribution < 1.29 is 0 Å². The lowest BCUT2D eigenvalue weighted by Gasteiger charge is -2.30. The normalized spacial score (nSPS) is 16.4. The van der Waals surface area contributed by atoms with Gasteiger partial charge in [0, 0.05) is 6.04 Å². The Kier molecular flexibility index (Phi) is 9.05. The predicted octanol–water partition coefficient (Wildman–Crippen LogP) is 3.41. The zero-order valence-electron chi connectivity index (χ0n) is 13.8. The van der Waals surface area contributed by atoms with Crippen molar-refractivity contribution in [3.05, 3.63) is 0 Å². The first-order valence-electron chi connectivity index (χ1n) is 7.79. The van der Waals surface area contributed by atoms with Crippen molar-refractivity contribution in [1.29, 1.82) is 5.26 Å². The molecule has 0 amide bonds. The number of nitrogens with zero attached hydrogens (tertiary/aromatic N) is 2. The molecule has 0 radical (unpaired) electrons. The lowest BCUT2D eigenvalue weighted by molar-refractivity contribution is 0.198. The average Bonchev–Trinajstić information content (AvgIpc) is 2.41. The lowest BCUT2D eigenvalue weighted by atomic mass is 9.91. The maximum atomic E-state index is 9.44. The van der Waals surface area contributed by atoms with Crippen molar-refractivity contribution in [2.45, 2.75) is 71.9 Å². The molecule has 0 bridgehead atoms. The first-order chi connectivity index (χ1) is 8.92. The first kappa shape index (κ1) is 18.4. The van der Waals surface area contributed by atoms with E-state index in [1.54, 1.807) is 0 Å². The third-order valence-corrected chi connectivity index (χ3v) is 4.31. The molecular formula is C16H33N3. The largest absolute Gasteiger partial charge is 0.303 e. The highest BCUT2D eigenvalue weighted by molar-refractivity contribution is 5.06. The lowest BCUT2D eigenvalue weighted by Crippen LogP contribution is -2.44. The number of nitriles is 1. The summed E-state index contributed by atoms with van der Waals surface area (Å²) in [6, 6.07) is 3.09. The van der Waals surface area contributed by atoms with Crippen LogP contribution in [0, 0.1) is 17.2 Å². The zero-order valence-corrected chi connectivity index (χ0v) is 13.8. The summed E-state index contributed by atoms with van der Waals surface area (Å²) in [6.45, 7) is 13.0. The van der Waals surface area contributed by atoms with Gasteiger partial charge in [0.15, 0.2) is 0 Å². The minimum absolute atomic E-state index is 0.322. The van der Waals surface area contributed by atoms with Gasteiger partial charge in [0.25, 0.3) is 0 Å². The van der Waals surface area contributed by atoms with E-state index in [0.717, 1.165) is 38.8 Å². The maximum Gasteiger partial charge on any atom is 0.106 e. The van der Waals surface area contributed by atoms with E-state index in [4.69, 9.17) is 0 Å². The maximum absolute atomic E-state index is 9.44. The molecular weight excluding hydrogens is 234 g/mol. The molecule has 0 aliphatic rings. The summed E-state index contributed by atoms with van der Waals surface area (Å²) in [5.74, 6) is 0.676. The van der Waals surface area contributed by atoms with Crippen LogP contribution in [0.4, 0.5) is 0 Å². The summed E-state index contributed by atoms with van der Waals surface area (Å²) in [5.41, 5.74) is -0.322. The van der Waals surface area contributed by atoms with Gasteiger partial charge < -0.3 is 4.90 Å². The number of hydrogen-bond acceptors (Lipinski definition) is 3. The second-order valence-corrected chi connectivity index (χ2v) is 6.04. The molecule has 0 rings (SSSR count). The molecule has 0 spiro atoms. The van der Waals surface area contributed by atoms with E-state index in [-0.39, 0.29) is 5.54 Å². The van der Waals surface area contributed by atoms with E-state index in [1.807, 2.05) is 0 Å². The topological polar surface area (TPSA) is 39.1 Å². The highest BCUT2D eigenvalue weighted by Gasteiger charge is 2.26. The molecule has 2 atom stereocenters. The Hall–Kier alpha value is -0.590. The van der Waals surface area contributed by atoms with E-state index >= 15 is 0 Å². The van der Waals surface area contributed by atoms with Crippen molar-refractivity contribution in [2.24, 2.45) is 5.92 Å². The second kappa shape index (κ2) is 9.34. The van der Waals surface area contributed by atoms with E-state index < -0.39 is 0 Å². The Morgan fingerprint density at radius 1 is 1.26 bits per heavy atom. The summed E-state index contributed by atoms with van der Waals surface area (Å²) in [6.07, 6.45) is 3.97. The monoisotopic (exact) mass is 267 g/mol. The zero-order chi connectivity index (χ0) is 14.9. The number of hydrogen-bond donors (Lipinski definition) is 1. The van der Waals surface area contributed by atoms with Crippen LogP contribution in [0.5, 0.6) is 0 Å². The number of nitrogens with one attached hydrogen (secondary N) is 1. The smallest absolute Gasteiger partial charge is 0.106 e. The van der Waals surface area contributed by atoms with Crippen LogP contribution in [0.15, 0.2) is 0 Å². The minimum Gasteiger partial charge on any atom is -0.303 e. The highest BCUT2D eigenvalue weighted by Crippen LogP contribution is 2.18. The van der Waals surface area contributed by atoms with Crippen LogP contribution in [-0.4, -0.2) is 36.6 Å². The van der Waals surface area contributed by atoms with Crippen molar-refractivity contribution in [3.63, 3.8) is 0 Å². The highest BCUT2D eigenvalue weighted by atomic mass is 15.1. The van der Waals surface area contributed by atoms with E-state index in [0.29, 0.717) is 12.0 Å². The molecule has 3 heteroatoms. The summed E-state index contributed by atoms with van der Waals surface area (Å²) < 4.78 is 0. The van der Waals surface area contributed by atoms with E-state index in [2.05, 4.69) is 58.0 Å². The Balaban J connectivity index is 4.23. The SMILES string of the molecule is CCCNC(C#N)(CC)CCCN(C)C(C)C(C)C. The van der Waals surface area contributed by atoms with Gasteiger partial charge >= 0.3 is 0 Å². The van der Waals surface area contributed by atoms with Gasteiger partial charge in [-0.3, -0.25) is 5.32 Å². The summed E-state index contributed by atoms with van der Waals surface area (Å²) >= 11 is 0. The molecule has 0 saturated carbocycles. The molecule has 0 heterocycles. The molecule has 0 aliphatic heterocycles. The molecule has 2 unspecified atom stereocenters. The van der Waals surface area contributed by atoms with Gasteiger partial charge in [-0.15, -0.1) is 0 Å². The molecule has 3 nitrogen and oxygen atoms in total. The third-order valence-electron chi connectivity index (χ3n) is 4.31. The molecule has 19 heavy (non-hydrogen) atoms. The standard InChI is InChI=1S/C16H33N3/c1-7-11-18-16(8-2,13-17)10-9-12-19(6)15(5)14(3)4/h14-15,18H,7-12H2,1-6H3. The molecule has 0 aliphatic carbocycles. The van der Waals surface area contributed by atoms with Gasteiger partial charge in [-0.05, 0) is 58.7 Å². The van der Waals surface area contributed by atoms with E-state index in [9.17, 15) is 5.26 Å². The molecule has 0 aromatic rings. The Morgan fingerprint density at radius 3 is 2.32 bits per heavy atom. The minimum atomic E-state index is -0.322.